The van der Waals surface area contributed by atoms with Gasteiger partial charge in [0.15, 0.2) is 0 Å². The van der Waals surface area contributed by atoms with E-state index in [-0.39, 0.29) is 17.3 Å². The van der Waals surface area contributed by atoms with Gasteiger partial charge in [-0.25, -0.2) is 4.39 Å². The number of nitrogens with zero attached hydrogens (tertiary/aromatic N) is 2. The normalized spacial score (nSPS) is 25.1. The number of piperidine rings is 1. The number of anilines is 1. The highest BCUT2D eigenvalue weighted by Gasteiger charge is 2.48. The molecule has 1 aromatic carbocycles. The van der Waals surface area contributed by atoms with Crippen LogP contribution in [-0.2, 0) is 0 Å². The third kappa shape index (κ3) is 2.95. The Balaban J connectivity index is 1.55. The lowest BCUT2D eigenvalue weighted by Gasteiger charge is -2.41. The number of hydrogen-bond donors (Lipinski definition) is 0. The third-order valence-corrected chi connectivity index (χ3v) is 6.42. The largest absolute Gasteiger partial charge is 0.363 e. The van der Waals surface area contributed by atoms with Gasteiger partial charge in [-0.15, -0.1) is 11.3 Å². The highest BCUT2D eigenvalue weighted by molar-refractivity contribution is 7.12. The van der Waals surface area contributed by atoms with Crippen molar-refractivity contribution in [3.05, 3.63) is 52.5 Å². The van der Waals surface area contributed by atoms with Crippen molar-refractivity contribution < 1.29 is 9.18 Å². The van der Waals surface area contributed by atoms with Crippen molar-refractivity contribution in [1.82, 2.24) is 4.90 Å². The molecule has 132 valence electrons. The van der Waals surface area contributed by atoms with Gasteiger partial charge in [-0.1, -0.05) is 6.07 Å². The summed E-state index contributed by atoms with van der Waals surface area (Å²) in [5, 5.41) is 1.95. The van der Waals surface area contributed by atoms with E-state index in [0.717, 1.165) is 36.5 Å². The van der Waals surface area contributed by atoms with E-state index < -0.39 is 0 Å². The van der Waals surface area contributed by atoms with Crippen LogP contribution in [0.2, 0.25) is 0 Å². The lowest BCUT2D eigenvalue weighted by molar-refractivity contribution is 0.0672. The summed E-state index contributed by atoms with van der Waals surface area (Å²) in [6.45, 7) is 6.09. The molecule has 1 aromatic heterocycles. The van der Waals surface area contributed by atoms with E-state index in [9.17, 15) is 9.18 Å². The Bertz CT molecular complexity index is 757. The lowest BCUT2D eigenvalue weighted by atomic mass is 9.89. The fourth-order valence-electron chi connectivity index (χ4n) is 4.63. The molecule has 2 aromatic rings. The van der Waals surface area contributed by atoms with Crippen molar-refractivity contribution in [2.45, 2.75) is 38.3 Å². The molecule has 2 fully saturated rings. The fraction of sp³-hybridized carbons (Fsp3) is 0.450. The molecule has 0 N–H and O–H groups in total. The quantitative estimate of drug-likeness (QED) is 0.794. The van der Waals surface area contributed by atoms with Crippen LogP contribution in [0.3, 0.4) is 0 Å². The summed E-state index contributed by atoms with van der Waals surface area (Å²) in [5.41, 5.74) is 1.09. The molecule has 2 atom stereocenters. The van der Waals surface area contributed by atoms with E-state index in [1.807, 2.05) is 34.5 Å². The third-order valence-electron chi connectivity index (χ3n) is 5.56. The minimum absolute atomic E-state index is 0.00908. The molecule has 3 nitrogen and oxygen atoms in total. The molecule has 0 spiro atoms. The van der Waals surface area contributed by atoms with Crippen molar-refractivity contribution in [2.24, 2.45) is 5.92 Å². The second-order valence-corrected chi connectivity index (χ2v) is 8.66. The standard InChI is InChI=1S/C20H23FN2OS/c1-20(2)12-14-13-22(19(24)18-4-3-11-25-18)10-9-17(14)23(20)16-7-5-15(21)6-8-16/h3-8,11,14,17H,9-10,12-13H2,1-2H3/t14-,17+/m1/s1. The van der Waals surface area contributed by atoms with Crippen molar-refractivity contribution in [2.75, 3.05) is 18.0 Å². The summed E-state index contributed by atoms with van der Waals surface area (Å²) in [4.78, 5) is 18.0. The zero-order chi connectivity index (χ0) is 17.6. The molecule has 2 aliphatic rings. The summed E-state index contributed by atoms with van der Waals surface area (Å²) in [6.07, 6.45) is 2.01. The van der Waals surface area contributed by atoms with E-state index in [1.54, 1.807) is 0 Å². The van der Waals surface area contributed by atoms with Gasteiger partial charge in [0.2, 0.25) is 0 Å². The van der Waals surface area contributed by atoms with Crippen LogP contribution < -0.4 is 4.90 Å². The summed E-state index contributed by atoms with van der Waals surface area (Å²) in [5.74, 6) is 0.415. The van der Waals surface area contributed by atoms with Gasteiger partial charge < -0.3 is 9.80 Å². The number of halogens is 1. The Morgan fingerprint density at radius 3 is 2.68 bits per heavy atom. The van der Waals surface area contributed by atoms with Gasteiger partial charge in [0, 0.05) is 30.4 Å². The van der Waals surface area contributed by atoms with Crippen LogP contribution in [0.25, 0.3) is 0 Å². The molecule has 3 heterocycles. The van der Waals surface area contributed by atoms with Crippen LogP contribution >= 0.6 is 11.3 Å². The van der Waals surface area contributed by atoms with E-state index in [4.69, 9.17) is 0 Å². The van der Waals surface area contributed by atoms with Crippen molar-refractivity contribution in [1.29, 1.82) is 0 Å². The first-order chi connectivity index (χ1) is 12.0. The molecule has 0 radical (unpaired) electrons. The Labute approximate surface area is 152 Å². The first kappa shape index (κ1) is 16.6. The van der Waals surface area contributed by atoms with Crippen molar-refractivity contribution >= 4 is 22.9 Å². The molecule has 0 aliphatic carbocycles. The first-order valence-electron chi connectivity index (χ1n) is 8.83. The van der Waals surface area contributed by atoms with Crippen LogP contribution in [0.15, 0.2) is 41.8 Å². The molecular weight excluding hydrogens is 335 g/mol. The van der Waals surface area contributed by atoms with E-state index in [2.05, 4.69) is 18.7 Å². The van der Waals surface area contributed by atoms with Crippen molar-refractivity contribution in [3.8, 4) is 0 Å². The predicted molar refractivity (Wildman–Crippen MR) is 99.7 cm³/mol. The van der Waals surface area contributed by atoms with Gasteiger partial charge in [0.05, 0.1) is 4.88 Å². The van der Waals surface area contributed by atoms with E-state index in [0.29, 0.717) is 12.0 Å². The van der Waals surface area contributed by atoms with E-state index in [1.165, 1.54) is 23.5 Å². The molecule has 4 rings (SSSR count). The van der Waals surface area contributed by atoms with Gasteiger partial charge in [0.1, 0.15) is 5.82 Å². The highest BCUT2D eigenvalue weighted by Crippen LogP contribution is 2.44. The van der Waals surface area contributed by atoms with Crippen LogP contribution in [0, 0.1) is 11.7 Å². The number of amides is 1. The van der Waals surface area contributed by atoms with Gasteiger partial charge in [-0.2, -0.15) is 0 Å². The highest BCUT2D eigenvalue weighted by atomic mass is 32.1. The number of fused-ring (bicyclic) bond motifs is 1. The maximum Gasteiger partial charge on any atom is 0.263 e. The number of hydrogen-bond acceptors (Lipinski definition) is 3. The molecule has 25 heavy (non-hydrogen) atoms. The smallest absolute Gasteiger partial charge is 0.263 e. The molecule has 0 unspecified atom stereocenters. The fourth-order valence-corrected chi connectivity index (χ4v) is 5.32. The molecule has 0 bridgehead atoms. The van der Waals surface area contributed by atoms with Gasteiger partial charge >= 0.3 is 0 Å². The van der Waals surface area contributed by atoms with Gasteiger partial charge in [-0.05, 0) is 68.3 Å². The number of carbonyl (C=O) groups excluding carboxylic acids is 1. The average Bonchev–Trinajstić information content (AvgIpc) is 3.19. The first-order valence-corrected chi connectivity index (χ1v) is 9.71. The predicted octanol–water partition coefficient (Wildman–Crippen LogP) is 4.41. The Hall–Kier alpha value is -1.88. The lowest BCUT2D eigenvalue weighted by Crippen LogP contribution is -2.50. The Morgan fingerprint density at radius 2 is 2.00 bits per heavy atom. The van der Waals surface area contributed by atoms with Crippen LogP contribution in [-0.4, -0.2) is 35.5 Å². The molecule has 2 saturated heterocycles. The summed E-state index contributed by atoms with van der Waals surface area (Å²) >= 11 is 1.51. The zero-order valence-electron chi connectivity index (χ0n) is 14.6. The molecule has 5 heteroatoms. The summed E-state index contributed by atoms with van der Waals surface area (Å²) in [6, 6.07) is 11.1. The maximum absolute atomic E-state index is 13.3. The summed E-state index contributed by atoms with van der Waals surface area (Å²) < 4.78 is 13.3. The topological polar surface area (TPSA) is 23.6 Å². The number of thiophene rings is 1. The van der Waals surface area contributed by atoms with Crippen molar-refractivity contribution in [3.63, 3.8) is 0 Å². The number of likely N-dealkylation sites (tertiary alicyclic amines) is 1. The van der Waals surface area contributed by atoms with Gasteiger partial charge in [-0.3, -0.25) is 4.79 Å². The SMILES string of the molecule is CC1(C)C[C@@H]2CN(C(=O)c3cccs3)CC[C@@H]2N1c1ccc(F)cc1. The molecule has 2 aliphatic heterocycles. The zero-order valence-corrected chi connectivity index (χ0v) is 15.4. The number of rotatable bonds is 2. The van der Waals surface area contributed by atoms with Crippen LogP contribution in [0.5, 0.6) is 0 Å². The number of carbonyl (C=O) groups is 1. The molecular formula is C20H23FN2OS. The average molecular weight is 358 g/mol. The second-order valence-electron chi connectivity index (χ2n) is 7.71. The summed E-state index contributed by atoms with van der Waals surface area (Å²) in [7, 11) is 0. The van der Waals surface area contributed by atoms with E-state index >= 15 is 0 Å². The monoisotopic (exact) mass is 358 g/mol. The van der Waals surface area contributed by atoms with Crippen LogP contribution in [0.4, 0.5) is 10.1 Å². The van der Waals surface area contributed by atoms with Crippen LogP contribution in [0.1, 0.15) is 36.4 Å². The van der Waals surface area contributed by atoms with Gasteiger partial charge in [0.25, 0.3) is 5.91 Å². The minimum Gasteiger partial charge on any atom is -0.363 e. The Morgan fingerprint density at radius 1 is 1.24 bits per heavy atom. The minimum atomic E-state index is -0.200. The second kappa shape index (κ2) is 6.13. The molecule has 0 saturated carbocycles. The Kier molecular flexibility index (Phi) is 4.07. The number of benzene rings is 1. The molecule has 1 amide bonds. The maximum atomic E-state index is 13.3.